The third kappa shape index (κ3) is 2.65. The van der Waals surface area contributed by atoms with Gasteiger partial charge in [0.2, 0.25) is 0 Å². The van der Waals surface area contributed by atoms with Crippen molar-refractivity contribution >= 4 is 26.5 Å². The van der Waals surface area contributed by atoms with Gasteiger partial charge in [-0.25, -0.2) is 8.42 Å². The number of rotatable bonds is 5. The highest BCUT2D eigenvalue weighted by atomic mass is 32.2. The van der Waals surface area contributed by atoms with E-state index in [1.165, 1.54) is 9.87 Å². The van der Waals surface area contributed by atoms with Crippen molar-refractivity contribution in [1.29, 1.82) is 0 Å². The van der Waals surface area contributed by atoms with E-state index in [0.29, 0.717) is 11.5 Å². The second-order valence-electron chi connectivity index (χ2n) is 6.06. The first-order valence-electron chi connectivity index (χ1n) is 8.37. The average Bonchev–Trinajstić information content (AvgIpc) is 2.85. The van der Waals surface area contributed by atoms with E-state index < -0.39 is 10.0 Å². The molecular formula is C20H19NO3S. The highest BCUT2D eigenvalue weighted by Gasteiger charge is 2.35. The second kappa shape index (κ2) is 6.08. The molecule has 0 saturated heterocycles. The molecule has 5 heteroatoms. The Morgan fingerprint density at radius 2 is 1.76 bits per heavy atom. The zero-order valence-corrected chi connectivity index (χ0v) is 14.8. The predicted molar refractivity (Wildman–Crippen MR) is 99.8 cm³/mol. The van der Waals surface area contributed by atoms with Gasteiger partial charge in [0.25, 0.3) is 10.0 Å². The van der Waals surface area contributed by atoms with E-state index in [9.17, 15) is 8.42 Å². The van der Waals surface area contributed by atoms with Crippen molar-refractivity contribution in [3.05, 3.63) is 66.2 Å². The van der Waals surface area contributed by atoms with Gasteiger partial charge < -0.3 is 4.74 Å². The van der Waals surface area contributed by atoms with Crippen LogP contribution in [0.2, 0.25) is 0 Å². The Balaban J connectivity index is 1.58. The number of sulfonamides is 1. The van der Waals surface area contributed by atoms with Crippen molar-refractivity contribution in [3.63, 3.8) is 0 Å². The lowest BCUT2D eigenvalue weighted by atomic mass is 10.1. The second-order valence-corrected chi connectivity index (χ2v) is 7.89. The number of hydrogen-bond donors (Lipinski definition) is 0. The summed E-state index contributed by atoms with van der Waals surface area (Å²) in [6.07, 6.45) is 0.939. The lowest BCUT2D eigenvalue weighted by Gasteiger charge is -2.19. The van der Waals surface area contributed by atoms with Gasteiger partial charge in [-0.15, -0.1) is 0 Å². The highest BCUT2D eigenvalue weighted by Crippen LogP contribution is 2.41. The average molecular weight is 353 g/mol. The highest BCUT2D eigenvalue weighted by molar-refractivity contribution is 7.93. The first-order valence-corrected chi connectivity index (χ1v) is 9.81. The van der Waals surface area contributed by atoms with Gasteiger partial charge >= 0.3 is 0 Å². The summed E-state index contributed by atoms with van der Waals surface area (Å²) in [7, 11) is -3.51. The van der Waals surface area contributed by atoms with E-state index in [4.69, 9.17) is 4.74 Å². The molecule has 3 aromatic rings. The minimum atomic E-state index is -3.51. The summed E-state index contributed by atoms with van der Waals surface area (Å²) in [6.45, 7) is 2.68. The van der Waals surface area contributed by atoms with Crippen LogP contribution < -0.4 is 9.04 Å². The lowest BCUT2D eigenvalue weighted by molar-refractivity contribution is 0.328. The summed E-state index contributed by atoms with van der Waals surface area (Å²) in [5.74, 6) is 0.770. The Kier molecular flexibility index (Phi) is 3.88. The largest absolute Gasteiger partial charge is 0.492 e. The molecule has 0 fully saturated rings. The van der Waals surface area contributed by atoms with Gasteiger partial charge in [0.15, 0.2) is 0 Å². The van der Waals surface area contributed by atoms with Gasteiger partial charge in [-0.2, -0.15) is 0 Å². The van der Waals surface area contributed by atoms with Crippen molar-refractivity contribution in [2.45, 2.75) is 18.2 Å². The molecule has 0 spiro atoms. The predicted octanol–water partition coefficient (Wildman–Crippen LogP) is 3.99. The number of nitrogens with zero attached hydrogens (tertiary/aromatic N) is 1. The maximum Gasteiger partial charge on any atom is 0.265 e. The summed E-state index contributed by atoms with van der Waals surface area (Å²) in [5.41, 5.74) is 1.93. The van der Waals surface area contributed by atoms with Crippen LogP contribution in [0.15, 0.2) is 65.6 Å². The first-order chi connectivity index (χ1) is 12.1. The van der Waals surface area contributed by atoms with Gasteiger partial charge in [0.05, 0.1) is 17.1 Å². The maximum absolute atomic E-state index is 12.9. The first kappa shape index (κ1) is 16.0. The molecule has 0 aliphatic carbocycles. The molecule has 3 aromatic carbocycles. The summed E-state index contributed by atoms with van der Waals surface area (Å²) in [5, 5.41) is 1.75. The molecule has 0 saturated carbocycles. The van der Waals surface area contributed by atoms with Crippen molar-refractivity contribution in [3.8, 4) is 5.75 Å². The molecule has 4 nitrogen and oxygen atoms in total. The SMILES string of the molecule is CCc1cccc(OCCN2c3cccc4cccc(c34)S2(=O)=O)c1. The molecule has 25 heavy (non-hydrogen) atoms. The summed E-state index contributed by atoms with van der Waals surface area (Å²) in [6, 6.07) is 19.0. The fraction of sp³-hybridized carbons (Fsp3) is 0.200. The monoisotopic (exact) mass is 353 g/mol. The van der Waals surface area contributed by atoms with Crippen LogP contribution >= 0.6 is 0 Å². The minimum Gasteiger partial charge on any atom is -0.492 e. The van der Waals surface area contributed by atoms with Gasteiger partial charge in [0, 0.05) is 5.39 Å². The molecular weight excluding hydrogens is 334 g/mol. The van der Waals surface area contributed by atoms with Crippen molar-refractivity contribution in [2.75, 3.05) is 17.5 Å². The number of aryl methyl sites for hydroxylation is 1. The Bertz CT molecular complexity index is 1040. The van der Waals surface area contributed by atoms with E-state index in [2.05, 4.69) is 13.0 Å². The lowest BCUT2D eigenvalue weighted by Crippen LogP contribution is -2.31. The van der Waals surface area contributed by atoms with E-state index in [1.54, 1.807) is 12.1 Å². The zero-order valence-electron chi connectivity index (χ0n) is 14.0. The number of benzene rings is 3. The van der Waals surface area contributed by atoms with Crippen molar-refractivity contribution in [2.24, 2.45) is 0 Å². The van der Waals surface area contributed by atoms with Crippen LogP contribution in [-0.2, 0) is 16.4 Å². The molecule has 4 rings (SSSR count). The molecule has 1 heterocycles. The standard InChI is InChI=1S/C20H19NO3S/c1-2-15-6-3-9-17(14-15)24-13-12-21-18-10-4-7-16-8-5-11-19(20(16)18)25(21,22)23/h3-11,14H,2,12-13H2,1H3. The van der Waals surface area contributed by atoms with Crippen LogP contribution in [0.5, 0.6) is 5.75 Å². The number of hydrogen-bond acceptors (Lipinski definition) is 3. The fourth-order valence-corrected chi connectivity index (χ4v) is 4.99. The Hall–Kier alpha value is -2.53. The van der Waals surface area contributed by atoms with Crippen LogP contribution in [-0.4, -0.2) is 21.6 Å². The normalized spacial score (nSPS) is 14.8. The topological polar surface area (TPSA) is 46.6 Å². The van der Waals surface area contributed by atoms with Crippen LogP contribution in [0.25, 0.3) is 10.8 Å². The molecule has 0 unspecified atom stereocenters. The van der Waals surface area contributed by atoms with E-state index in [0.717, 1.165) is 28.6 Å². The molecule has 0 bridgehead atoms. The van der Waals surface area contributed by atoms with Crippen molar-refractivity contribution in [1.82, 2.24) is 0 Å². The third-order valence-electron chi connectivity index (χ3n) is 4.55. The van der Waals surface area contributed by atoms with Gasteiger partial charge in [-0.1, -0.05) is 43.3 Å². The van der Waals surface area contributed by atoms with E-state index in [1.807, 2.05) is 42.5 Å². The number of anilines is 1. The molecule has 0 atom stereocenters. The molecule has 0 N–H and O–H groups in total. The quantitative estimate of drug-likeness (QED) is 0.697. The molecule has 1 aliphatic rings. The Labute approximate surface area is 147 Å². The fourth-order valence-electron chi connectivity index (χ4n) is 3.30. The summed E-state index contributed by atoms with van der Waals surface area (Å²) >= 11 is 0. The molecule has 0 aromatic heterocycles. The Morgan fingerprint density at radius 1 is 1.00 bits per heavy atom. The van der Waals surface area contributed by atoms with Crippen LogP contribution in [0.1, 0.15) is 12.5 Å². The third-order valence-corrected chi connectivity index (χ3v) is 6.41. The molecule has 0 amide bonds. The van der Waals surface area contributed by atoms with Gasteiger partial charge in [-0.05, 0) is 41.6 Å². The number of ether oxygens (including phenoxy) is 1. The van der Waals surface area contributed by atoms with Crippen LogP contribution in [0.4, 0.5) is 5.69 Å². The van der Waals surface area contributed by atoms with Gasteiger partial charge in [-0.3, -0.25) is 4.31 Å². The molecule has 1 aliphatic heterocycles. The van der Waals surface area contributed by atoms with Crippen LogP contribution in [0.3, 0.4) is 0 Å². The summed E-state index contributed by atoms with van der Waals surface area (Å²) < 4.78 is 33.0. The smallest absolute Gasteiger partial charge is 0.265 e. The minimum absolute atomic E-state index is 0.284. The Morgan fingerprint density at radius 3 is 2.56 bits per heavy atom. The zero-order chi connectivity index (χ0) is 17.4. The van der Waals surface area contributed by atoms with E-state index >= 15 is 0 Å². The van der Waals surface area contributed by atoms with Crippen molar-refractivity contribution < 1.29 is 13.2 Å². The summed E-state index contributed by atoms with van der Waals surface area (Å²) in [4.78, 5) is 0.383. The maximum atomic E-state index is 12.9. The van der Waals surface area contributed by atoms with Crippen LogP contribution in [0, 0.1) is 0 Å². The molecule has 128 valence electrons. The molecule has 0 radical (unpaired) electrons. The van der Waals surface area contributed by atoms with E-state index in [-0.39, 0.29) is 6.54 Å². The van der Waals surface area contributed by atoms with Gasteiger partial charge in [0.1, 0.15) is 12.4 Å².